The number of aliphatic hydroxyl groups is 2. The highest BCUT2D eigenvalue weighted by Crippen LogP contribution is 2.27. The van der Waals surface area contributed by atoms with E-state index in [0.717, 1.165) is 0 Å². The highest BCUT2D eigenvalue weighted by molar-refractivity contribution is 5.67. The highest BCUT2D eigenvalue weighted by Gasteiger charge is 2.23. The zero-order valence-corrected chi connectivity index (χ0v) is 9.33. The normalized spacial score (nSPS) is 14.1. The van der Waals surface area contributed by atoms with Crippen molar-refractivity contribution in [3.05, 3.63) is 23.8 Å². The van der Waals surface area contributed by atoms with Crippen LogP contribution in [0.2, 0.25) is 0 Å². The van der Waals surface area contributed by atoms with Crippen molar-refractivity contribution >= 4 is 11.7 Å². The molecular formula is C11H15NO5. The van der Waals surface area contributed by atoms with Gasteiger partial charge in [-0.25, -0.2) is 0 Å². The van der Waals surface area contributed by atoms with E-state index in [9.17, 15) is 15.0 Å². The zero-order chi connectivity index (χ0) is 13.0. The van der Waals surface area contributed by atoms with Crippen LogP contribution in [0.1, 0.15) is 18.1 Å². The van der Waals surface area contributed by atoms with Crippen molar-refractivity contribution in [2.45, 2.75) is 18.6 Å². The lowest BCUT2D eigenvalue weighted by Crippen LogP contribution is -2.22. The molecule has 0 radical (unpaired) electrons. The Morgan fingerprint density at radius 3 is 2.59 bits per heavy atom. The molecule has 1 aromatic rings. The van der Waals surface area contributed by atoms with Gasteiger partial charge in [0.05, 0.1) is 19.6 Å². The molecule has 0 amide bonds. The highest BCUT2D eigenvalue weighted by atomic mass is 16.5. The molecule has 0 saturated carbocycles. The number of carboxylic acid groups (broad SMARTS) is 1. The van der Waals surface area contributed by atoms with Crippen LogP contribution in [0, 0.1) is 0 Å². The van der Waals surface area contributed by atoms with E-state index < -0.39 is 24.6 Å². The first kappa shape index (κ1) is 13.3. The van der Waals surface area contributed by atoms with E-state index in [2.05, 4.69) is 0 Å². The predicted molar refractivity (Wildman–Crippen MR) is 60.6 cm³/mol. The minimum Gasteiger partial charge on any atom is -0.497 e. The molecule has 17 heavy (non-hydrogen) atoms. The molecule has 0 saturated heterocycles. The third-order valence-corrected chi connectivity index (χ3v) is 2.36. The summed E-state index contributed by atoms with van der Waals surface area (Å²) in [5, 5.41) is 27.7. The fourth-order valence-corrected chi connectivity index (χ4v) is 1.45. The summed E-state index contributed by atoms with van der Waals surface area (Å²) in [6, 6.07) is 4.55. The number of anilines is 1. The van der Waals surface area contributed by atoms with Crippen molar-refractivity contribution in [1.82, 2.24) is 0 Å². The van der Waals surface area contributed by atoms with Crippen LogP contribution in [-0.4, -0.2) is 34.5 Å². The maximum Gasteiger partial charge on any atom is 0.306 e. The summed E-state index contributed by atoms with van der Waals surface area (Å²) < 4.78 is 4.94. The molecule has 1 aromatic carbocycles. The summed E-state index contributed by atoms with van der Waals surface area (Å²) in [5.41, 5.74) is 6.18. The number of aliphatic carboxylic acids is 1. The summed E-state index contributed by atoms with van der Waals surface area (Å²) in [4.78, 5) is 10.4. The molecule has 1 rings (SSSR count). The van der Waals surface area contributed by atoms with E-state index in [1.54, 1.807) is 6.07 Å². The first-order valence-corrected chi connectivity index (χ1v) is 4.97. The van der Waals surface area contributed by atoms with E-state index in [4.69, 9.17) is 15.6 Å². The molecule has 2 unspecified atom stereocenters. The van der Waals surface area contributed by atoms with Gasteiger partial charge in [0.25, 0.3) is 0 Å². The Labute approximate surface area is 98.3 Å². The van der Waals surface area contributed by atoms with Gasteiger partial charge >= 0.3 is 5.97 Å². The Morgan fingerprint density at radius 1 is 1.47 bits per heavy atom. The van der Waals surface area contributed by atoms with Crippen LogP contribution in [0.3, 0.4) is 0 Å². The van der Waals surface area contributed by atoms with E-state index in [1.165, 1.54) is 19.2 Å². The molecule has 0 fully saturated rings. The zero-order valence-electron chi connectivity index (χ0n) is 9.33. The molecule has 0 aromatic heterocycles. The van der Waals surface area contributed by atoms with Gasteiger partial charge in [0.15, 0.2) is 0 Å². The number of nitrogens with two attached hydrogens (primary N) is 1. The van der Waals surface area contributed by atoms with Gasteiger partial charge in [0, 0.05) is 17.3 Å². The Balaban J connectivity index is 2.88. The molecule has 0 aliphatic carbocycles. The summed E-state index contributed by atoms with van der Waals surface area (Å²) in [6.45, 7) is 0. The fraction of sp³-hybridized carbons (Fsp3) is 0.364. The number of ether oxygens (including phenoxy) is 1. The van der Waals surface area contributed by atoms with Crippen molar-refractivity contribution in [1.29, 1.82) is 0 Å². The molecule has 0 spiro atoms. The monoisotopic (exact) mass is 241 g/mol. The average Bonchev–Trinajstić information content (AvgIpc) is 2.27. The molecule has 5 N–H and O–H groups in total. The molecule has 0 bridgehead atoms. The largest absolute Gasteiger partial charge is 0.497 e. The average molecular weight is 241 g/mol. The van der Waals surface area contributed by atoms with Gasteiger partial charge in [-0.3, -0.25) is 4.79 Å². The van der Waals surface area contributed by atoms with E-state index in [0.29, 0.717) is 5.75 Å². The third kappa shape index (κ3) is 3.33. The second kappa shape index (κ2) is 5.51. The van der Waals surface area contributed by atoms with Crippen LogP contribution in [-0.2, 0) is 4.79 Å². The quantitative estimate of drug-likeness (QED) is 0.546. The Hall–Kier alpha value is -1.79. The smallest absolute Gasteiger partial charge is 0.306 e. The van der Waals surface area contributed by atoms with Crippen LogP contribution in [0.5, 0.6) is 5.75 Å². The van der Waals surface area contributed by atoms with Crippen LogP contribution >= 0.6 is 0 Å². The molecule has 0 aliphatic rings. The van der Waals surface area contributed by atoms with Gasteiger partial charge in [-0.15, -0.1) is 0 Å². The Bertz CT molecular complexity index is 407. The second-order valence-electron chi connectivity index (χ2n) is 3.60. The van der Waals surface area contributed by atoms with Crippen LogP contribution in [0.25, 0.3) is 0 Å². The first-order valence-electron chi connectivity index (χ1n) is 4.97. The lowest BCUT2D eigenvalue weighted by atomic mass is 10.0. The summed E-state index contributed by atoms with van der Waals surface area (Å²) in [7, 11) is 1.48. The SMILES string of the molecule is COc1ccc(C(O)C(O)CC(=O)O)c(N)c1. The van der Waals surface area contributed by atoms with E-state index in [1.807, 2.05) is 0 Å². The lowest BCUT2D eigenvalue weighted by Gasteiger charge is -2.18. The van der Waals surface area contributed by atoms with Crippen molar-refractivity contribution < 1.29 is 24.9 Å². The Morgan fingerprint density at radius 2 is 2.12 bits per heavy atom. The minimum atomic E-state index is -1.40. The maximum atomic E-state index is 10.4. The van der Waals surface area contributed by atoms with Gasteiger partial charge in [0.1, 0.15) is 11.9 Å². The van der Waals surface area contributed by atoms with Gasteiger partial charge in [-0.05, 0) is 6.07 Å². The molecular weight excluding hydrogens is 226 g/mol. The van der Waals surface area contributed by atoms with Crippen LogP contribution in [0.4, 0.5) is 5.69 Å². The van der Waals surface area contributed by atoms with Gasteiger partial charge in [0.2, 0.25) is 0 Å². The topological polar surface area (TPSA) is 113 Å². The molecule has 6 heteroatoms. The summed E-state index contributed by atoms with van der Waals surface area (Å²) >= 11 is 0. The van der Waals surface area contributed by atoms with Crippen molar-refractivity contribution in [2.75, 3.05) is 12.8 Å². The van der Waals surface area contributed by atoms with Gasteiger partial charge < -0.3 is 25.8 Å². The van der Waals surface area contributed by atoms with E-state index >= 15 is 0 Å². The number of benzene rings is 1. The number of carboxylic acids is 1. The standard InChI is InChI=1S/C11H15NO5/c1-17-6-2-3-7(8(12)4-6)11(16)9(13)5-10(14)15/h2-4,9,11,13,16H,5,12H2,1H3,(H,14,15). The molecule has 94 valence electrons. The number of hydrogen-bond acceptors (Lipinski definition) is 5. The number of nitrogen functional groups attached to an aromatic ring is 1. The van der Waals surface area contributed by atoms with Crippen molar-refractivity contribution in [3.8, 4) is 5.75 Å². The minimum absolute atomic E-state index is 0.237. The molecule has 0 aliphatic heterocycles. The number of carbonyl (C=O) groups is 1. The predicted octanol–water partition coefficient (Wildman–Crippen LogP) is 0.146. The number of rotatable bonds is 5. The molecule has 6 nitrogen and oxygen atoms in total. The molecule has 2 atom stereocenters. The van der Waals surface area contributed by atoms with Gasteiger partial charge in [-0.1, -0.05) is 6.07 Å². The lowest BCUT2D eigenvalue weighted by molar-refractivity contribution is -0.141. The van der Waals surface area contributed by atoms with Crippen molar-refractivity contribution in [3.63, 3.8) is 0 Å². The maximum absolute atomic E-state index is 10.4. The summed E-state index contributed by atoms with van der Waals surface area (Å²) in [5.74, 6) is -0.671. The van der Waals surface area contributed by atoms with Crippen molar-refractivity contribution in [2.24, 2.45) is 0 Å². The van der Waals surface area contributed by atoms with Gasteiger partial charge in [-0.2, -0.15) is 0 Å². The van der Waals surface area contributed by atoms with Crippen LogP contribution < -0.4 is 10.5 Å². The van der Waals surface area contributed by atoms with E-state index in [-0.39, 0.29) is 11.3 Å². The van der Waals surface area contributed by atoms with Crippen LogP contribution in [0.15, 0.2) is 18.2 Å². The number of aliphatic hydroxyl groups excluding tert-OH is 2. The first-order chi connectivity index (χ1) is 7.95. The Kier molecular flexibility index (Phi) is 4.30. The molecule has 0 heterocycles. The number of hydrogen-bond donors (Lipinski definition) is 4. The number of methoxy groups -OCH3 is 1. The summed E-state index contributed by atoms with van der Waals surface area (Å²) in [6.07, 6.45) is -3.28. The second-order valence-corrected chi connectivity index (χ2v) is 3.60. The fourth-order valence-electron chi connectivity index (χ4n) is 1.45. The third-order valence-electron chi connectivity index (χ3n) is 2.36.